The maximum Gasteiger partial charge on any atom is 0.0125 e. The van der Waals surface area contributed by atoms with Crippen LogP contribution in [-0.2, 0) is 0 Å². The minimum Gasteiger partial charge on any atom is -0.300 e. The Morgan fingerprint density at radius 3 is 1.84 bits per heavy atom. The monoisotopic (exact) mass is 266 g/mol. The number of hydrogen-bond acceptors (Lipinski definition) is 2. The van der Waals surface area contributed by atoms with Gasteiger partial charge in [0.2, 0.25) is 0 Å². The second-order valence-corrected chi connectivity index (χ2v) is 8.97. The molecule has 19 heavy (non-hydrogen) atoms. The van der Waals surface area contributed by atoms with Gasteiger partial charge < -0.3 is 0 Å². The van der Waals surface area contributed by atoms with Gasteiger partial charge in [0.25, 0.3) is 0 Å². The summed E-state index contributed by atoms with van der Waals surface area (Å²) in [5.74, 6) is 0.959. The molecule has 2 heterocycles. The zero-order valence-corrected chi connectivity index (χ0v) is 14.0. The summed E-state index contributed by atoms with van der Waals surface area (Å²) in [5, 5.41) is 0. The highest BCUT2D eigenvalue weighted by Gasteiger charge is 2.36. The van der Waals surface area contributed by atoms with Gasteiger partial charge in [0, 0.05) is 37.8 Å². The van der Waals surface area contributed by atoms with E-state index >= 15 is 0 Å². The molecule has 0 spiro atoms. The van der Waals surface area contributed by atoms with Crippen molar-refractivity contribution in [3.05, 3.63) is 0 Å². The lowest BCUT2D eigenvalue weighted by atomic mass is 9.80. The first-order valence-corrected chi connectivity index (χ1v) is 8.14. The molecule has 0 atom stereocenters. The maximum atomic E-state index is 2.75. The van der Waals surface area contributed by atoms with Gasteiger partial charge in [-0.2, -0.15) is 0 Å². The van der Waals surface area contributed by atoms with Crippen LogP contribution in [0.2, 0.25) is 0 Å². The van der Waals surface area contributed by atoms with Gasteiger partial charge in [-0.05, 0) is 51.4 Å². The molecule has 0 saturated carbocycles. The molecule has 0 bridgehead atoms. The Balaban J connectivity index is 1.70. The summed E-state index contributed by atoms with van der Waals surface area (Å²) in [6.45, 7) is 19.4. The fourth-order valence-corrected chi connectivity index (χ4v) is 3.80. The van der Waals surface area contributed by atoms with Crippen molar-refractivity contribution < 1.29 is 0 Å². The topological polar surface area (TPSA) is 6.48 Å². The highest BCUT2D eigenvalue weighted by molar-refractivity contribution is 4.91. The highest BCUT2D eigenvalue weighted by atomic mass is 15.3. The molecule has 2 heteroatoms. The average Bonchev–Trinajstić information content (AvgIpc) is 2.20. The van der Waals surface area contributed by atoms with Gasteiger partial charge >= 0.3 is 0 Å². The van der Waals surface area contributed by atoms with Crippen molar-refractivity contribution in [3.63, 3.8) is 0 Å². The Bertz CT molecular complexity index is 283. The van der Waals surface area contributed by atoms with Gasteiger partial charge in [0.1, 0.15) is 0 Å². The van der Waals surface area contributed by atoms with E-state index in [0.717, 1.165) is 12.0 Å². The fraction of sp³-hybridized carbons (Fsp3) is 1.00. The van der Waals surface area contributed by atoms with Crippen LogP contribution in [-0.4, -0.2) is 47.6 Å². The van der Waals surface area contributed by atoms with Crippen LogP contribution in [0.4, 0.5) is 0 Å². The summed E-state index contributed by atoms with van der Waals surface area (Å²) in [4.78, 5) is 5.40. The van der Waals surface area contributed by atoms with Crippen molar-refractivity contribution in [2.75, 3.05) is 26.2 Å². The van der Waals surface area contributed by atoms with Crippen LogP contribution in [0.25, 0.3) is 0 Å². The van der Waals surface area contributed by atoms with E-state index in [1.165, 1.54) is 45.4 Å². The Morgan fingerprint density at radius 1 is 0.895 bits per heavy atom. The standard InChI is InChI=1S/C17H34N2/c1-16(2,3)11-14-12-18(13-14)15-7-9-19(10-8-15)17(4,5)6/h14-15H,7-13H2,1-6H3. The van der Waals surface area contributed by atoms with Crippen molar-refractivity contribution >= 4 is 0 Å². The predicted molar refractivity (Wildman–Crippen MR) is 83.5 cm³/mol. The summed E-state index contributed by atoms with van der Waals surface area (Å²) in [5.41, 5.74) is 0.862. The summed E-state index contributed by atoms with van der Waals surface area (Å²) < 4.78 is 0. The van der Waals surface area contributed by atoms with Gasteiger partial charge in [-0.15, -0.1) is 0 Å². The zero-order valence-electron chi connectivity index (χ0n) is 14.0. The van der Waals surface area contributed by atoms with Crippen molar-refractivity contribution in [3.8, 4) is 0 Å². The number of nitrogens with zero attached hydrogens (tertiary/aromatic N) is 2. The van der Waals surface area contributed by atoms with Crippen molar-refractivity contribution in [2.24, 2.45) is 11.3 Å². The molecule has 0 aromatic rings. The molecule has 2 aliphatic heterocycles. The predicted octanol–water partition coefficient (Wildman–Crippen LogP) is 3.62. The quantitative estimate of drug-likeness (QED) is 0.753. The van der Waals surface area contributed by atoms with E-state index < -0.39 is 0 Å². The molecule has 2 nitrogen and oxygen atoms in total. The highest BCUT2D eigenvalue weighted by Crippen LogP contribution is 2.33. The molecule has 0 unspecified atom stereocenters. The molecule has 0 amide bonds. The molecular weight excluding hydrogens is 232 g/mol. The van der Waals surface area contributed by atoms with E-state index in [4.69, 9.17) is 0 Å². The van der Waals surface area contributed by atoms with Gasteiger partial charge in [-0.25, -0.2) is 0 Å². The lowest BCUT2D eigenvalue weighted by Crippen LogP contribution is -2.57. The number of rotatable bonds is 2. The zero-order chi connectivity index (χ0) is 14.3. The maximum absolute atomic E-state index is 2.75. The molecule has 0 radical (unpaired) electrons. The van der Waals surface area contributed by atoms with Crippen LogP contribution in [0.1, 0.15) is 60.8 Å². The van der Waals surface area contributed by atoms with E-state index in [2.05, 4.69) is 51.3 Å². The van der Waals surface area contributed by atoms with E-state index in [0.29, 0.717) is 11.0 Å². The SMILES string of the molecule is CC(C)(C)CC1CN(C2CCN(C(C)(C)C)CC2)C1. The first-order valence-electron chi connectivity index (χ1n) is 8.14. The largest absolute Gasteiger partial charge is 0.300 e. The molecule has 112 valence electrons. The Kier molecular flexibility index (Phi) is 4.32. The van der Waals surface area contributed by atoms with Crippen LogP contribution >= 0.6 is 0 Å². The van der Waals surface area contributed by atoms with Gasteiger partial charge in [0.05, 0.1) is 0 Å². The van der Waals surface area contributed by atoms with Crippen molar-refractivity contribution in [1.82, 2.24) is 9.80 Å². The molecule has 2 fully saturated rings. The summed E-state index contributed by atoms with van der Waals surface area (Å²) in [6, 6.07) is 0.870. The Hall–Kier alpha value is -0.0800. The van der Waals surface area contributed by atoms with Gasteiger partial charge in [-0.3, -0.25) is 9.80 Å². The molecule has 0 N–H and O–H groups in total. The third-order valence-electron chi connectivity index (χ3n) is 4.82. The molecular formula is C17H34N2. The van der Waals surface area contributed by atoms with E-state index in [1.54, 1.807) is 0 Å². The minimum atomic E-state index is 0.356. The first kappa shape index (κ1) is 15.3. The molecule has 2 aliphatic rings. The third kappa shape index (κ3) is 4.19. The summed E-state index contributed by atoms with van der Waals surface area (Å²) >= 11 is 0. The molecule has 0 aromatic carbocycles. The van der Waals surface area contributed by atoms with Crippen molar-refractivity contribution in [1.29, 1.82) is 0 Å². The second kappa shape index (κ2) is 5.37. The minimum absolute atomic E-state index is 0.356. The number of hydrogen-bond donors (Lipinski definition) is 0. The smallest absolute Gasteiger partial charge is 0.0125 e. The number of piperidine rings is 1. The third-order valence-corrected chi connectivity index (χ3v) is 4.82. The molecule has 2 saturated heterocycles. The van der Waals surface area contributed by atoms with Crippen LogP contribution in [0.3, 0.4) is 0 Å². The molecule has 0 aliphatic carbocycles. The van der Waals surface area contributed by atoms with E-state index in [9.17, 15) is 0 Å². The van der Waals surface area contributed by atoms with E-state index in [1.807, 2.05) is 0 Å². The van der Waals surface area contributed by atoms with E-state index in [-0.39, 0.29) is 0 Å². The normalized spacial score (nSPS) is 25.6. The lowest BCUT2D eigenvalue weighted by Gasteiger charge is -2.50. The lowest BCUT2D eigenvalue weighted by molar-refractivity contribution is -0.0100. The average molecular weight is 266 g/mol. The Morgan fingerprint density at radius 2 is 1.42 bits per heavy atom. The van der Waals surface area contributed by atoms with Gasteiger partial charge in [-0.1, -0.05) is 20.8 Å². The van der Waals surface area contributed by atoms with Crippen LogP contribution < -0.4 is 0 Å². The Labute approximate surface area is 120 Å². The molecule has 0 aromatic heterocycles. The van der Waals surface area contributed by atoms with Crippen LogP contribution in [0, 0.1) is 11.3 Å². The van der Waals surface area contributed by atoms with Crippen molar-refractivity contribution in [2.45, 2.75) is 72.4 Å². The summed E-state index contributed by atoms with van der Waals surface area (Å²) in [6.07, 6.45) is 4.14. The van der Waals surface area contributed by atoms with Crippen LogP contribution in [0.5, 0.6) is 0 Å². The number of likely N-dealkylation sites (tertiary alicyclic amines) is 2. The first-order chi connectivity index (χ1) is 8.65. The van der Waals surface area contributed by atoms with Gasteiger partial charge in [0.15, 0.2) is 0 Å². The second-order valence-electron chi connectivity index (χ2n) is 8.97. The molecule has 2 rings (SSSR count). The summed E-state index contributed by atoms with van der Waals surface area (Å²) in [7, 11) is 0. The van der Waals surface area contributed by atoms with Crippen LogP contribution in [0.15, 0.2) is 0 Å². The fourth-order valence-electron chi connectivity index (χ4n) is 3.80.